The van der Waals surface area contributed by atoms with Gasteiger partial charge >= 0.3 is 5.97 Å². The molecule has 0 saturated carbocycles. The Balaban J connectivity index is 5.40. The Morgan fingerprint density at radius 3 is 2.15 bits per heavy atom. The van der Waals surface area contributed by atoms with Crippen molar-refractivity contribution in [2.45, 2.75) is 26.9 Å². The molecule has 1 unspecified atom stereocenters. The summed E-state index contributed by atoms with van der Waals surface area (Å²) in [5.74, 6) is -0.640. The van der Waals surface area contributed by atoms with Crippen LogP contribution in [0, 0.1) is 0 Å². The fourth-order valence-electron chi connectivity index (χ4n) is 1.37. The van der Waals surface area contributed by atoms with Crippen LogP contribution in [-0.4, -0.2) is 17.2 Å². The summed E-state index contributed by atoms with van der Waals surface area (Å²) in [4.78, 5) is 11.4. The Morgan fingerprint density at radius 2 is 1.70 bits per heavy atom. The van der Waals surface area contributed by atoms with E-state index in [1.807, 2.05) is 32.9 Å². The molecule has 0 heterocycles. The zero-order valence-corrected chi connectivity index (χ0v) is 12.2. The third-order valence-corrected chi connectivity index (χ3v) is 2.28. The predicted molar refractivity (Wildman–Crippen MR) is 83.3 cm³/mol. The van der Waals surface area contributed by atoms with Crippen molar-refractivity contribution in [1.29, 1.82) is 0 Å². The molecule has 20 heavy (non-hydrogen) atoms. The van der Waals surface area contributed by atoms with Crippen molar-refractivity contribution < 1.29 is 14.6 Å². The molecule has 0 radical (unpaired) electrons. The highest BCUT2D eigenvalue weighted by Gasteiger charge is 2.22. The van der Waals surface area contributed by atoms with E-state index in [-0.39, 0.29) is 0 Å². The van der Waals surface area contributed by atoms with E-state index in [1.54, 1.807) is 36.5 Å². The van der Waals surface area contributed by atoms with Gasteiger partial charge in [-0.15, -0.1) is 0 Å². The van der Waals surface area contributed by atoms with Gasteiger partial charge in [-0.1, -0.05) is 49.1 Å². The van der Waals surface area contributed by atoms with Gasteiger partial charge in [0.2, 0.25) is 6.10 Å². The van der Waals surface area contributed by atoms with E-state index in [0.29, 0.717) is 11.3 Å². The lowest BCUT2D eigenvalue weighted by molar-refractivity contribution is -0.145. The van der Waals surface area contributed by atoms with Gasteiger partial charge in [-0.05, 0) is 32.9 Å². The lowest BCUT2D eigenvalue weighted by Gasteiger charge is -2.16. The molecule has 0 rings (SSSR count). The number of carboxylic acids is 1. The fourth-order valence-corrected chi connectivity index (χ4v) is 1.37. The molecule has 0 saturated heterocycles. The standard InChI is InChI=1S/C17H22O3/c1-5-9-12-14(11-7-3)16(17(18)19)20-15(8-4)13-10-6-2/h5-13,16H,4H2,1-3H3,(H,18,19)/b9-5-,10-6-,11-7-,14-12+,15-13+. The first-order valence-corrected chi connectivity index (χ1v) is 6.41. The number of carbonyl (C=O) groups is 1. The summed E-state index contributed by atoms with van der Waals surface area (Å²) in [6.45, 7) is 9.17. The van der Waals surface area contributed by atoms with Gasteiger partial charge in [0.15, 0.2) is 0 Å². The third-order valence-electron chi connectivity index (χ3n) is 2.28. The highest BCUT2D eigenvalue weighted by atomic mass is 16.5. The minimum atomic E-state index is -1.07. The zero-order chi connectivity index (χ0) is 15.4. The molecule has 0 bridgehead atoms. The minimum Gasteiger partial charge on any atom is -0.478 e. The summed E-state index contributed by atoms with van der Waals surface area (Å²) in [7, 11) is 0. The number of hydrogen-bond donors (Lipinski definition) is 1. The van der Waals surface area contributed by atoms with Crippen LogP contribution in [0.25, 0.3) is 0 Å². The second-order valence-electron chi connectivity index (χ2n) is 3.83. The Hall–Kier alpha value is -2.29. The average molecular weight is 274 g/mol. The molecule has 3 nitrogen and oxygen atoms in total. The molecule has 0 amide bonds. The second-order valence-corrected chi connectivity index (χ2v) is 3.83. The summed E-state index contributed by atoms with van der Waals surface area (Å²) < 4.78 is 5.51. The first kappa shape index (κ1) is 17.7. The number of rotatable bonds is 8. The summed E-state index contributed by atoms with van der Waals surface area (Å²) in [6.07, 6.45) is 14.5. The van der Waals surface area contributed by atoms with Crippen LogP contribution in [0.5, 0.6) is 0 Å². The summed E-state index contributed by atoms with van der Waals surface area (Å²) >= 11 is 0. The number of ether oxygens (including phenoxy) is 1. The molecule has 108 valence electrons. The normalized spacial score (nSPS) is 15.2. The number of allylic oxidation sites excluding steroid dienone is 8. The van der Waals surface area contributed by atoms with Crippen molar-refractivity contribution in [2.24, 2.45) is 0 Å². The van der Waals surface area contributed by atoms with E-state index in [1.165, 1.54) is 6.08 Å². The van der Waals surface area contributed by atoms with Gasteiger partial charge in [0, 0.05) is 5.57 Å². The Labute approximate surface area is 121 Å². The van der Waals surface area contributed by atoms with Gasteiger partial charge in [0.05, 0.1) is 0 Å². The molecule has 0 aromatic rings. The van der Waals surface area contributed by atoms with Crippen LogP contribution in [0.3, 0.4) is 0 Å². The zero-order valence-electron chi connectivity index (χ0n) is 12.2. The lowest BCUT2D eigenvalue weighted by atomic mass is 10.1. The van der Waals surface area contributed by atoms with Crippen LogP contribution < -0.4 is 0 Å². The molecule has 3 heteroatoms. The molecule has 0 aromatic heterocycles. The molecule has 0 aliphatic carbocycles. The van der Waals surface area contributed by atoms with E-state index in [9.17, 15) is 9.90 Å². The van der Waals surface area contributed by atoms with Crippen LogP contribution in [0.2, 0.25) is 0 Å². The number of carboxylic acid groups (broad SMARTS) is 1. The Morgan fingerprint density at radius 1 is 1.10 bits per heavy atom. The molecule has 0 aliphatic heterocycles. The maximum Gasteiger partial charge on any atom is 0.349 e. The van der Waals surface area contributed by atoms with Crippen molar-refractivity contribution in [3.05, 3.63) is 72.6 Å². The monoisotopic (exact) mass is 274 g/mol. The summed E-state index contributed by atoms with van der Waals surface area (Å²) in [5.41, 5.74) is 0.561. The first-order chi connectivity index (χ1) is 9.60. The van der Waals surface area contributed by atoms with Gasteiger partial charge in [-0.2, -0.15) is 0 Å². The third kappa shape index (κ3) is 6.59. The SMILES string of the molecule is C=C/C(=C\C=C/C)OC(C(=O)O)C(/C=C\C)=C/C=C\C. The summed E-state index contributed by atoms with van der Waals surface area (Å²) in [5, 5.41) is 9.34. The molecule has 0 spiro atoms. The van der Waals surface area contributed by atoms with Crippen LogP contribution in [-0.2, 0) is 9.53 Å². The highest BCUT2D eigenvalue weighted by molar-refractivity contribution is 5.77. The number of aliphatic carboxylic acids is 1. The van der Waals surface area contributed by atoms with E-state index in [0.717, 1.165) is 0 Å². The van der Waals surface area contributed by atoms with Crippen molar-refractivity contribution in [3.8, 4) is 0 Å². The molecular formula is C17H22O3. The molecule has 0 aromatic carbocycles. The number of hydrogen-bond acceptors (Lipinski definition) is 2. The van der Waals surface area contributed by atoms with Gasteiger partial charge in [-0.25, -0.2) is 4.79 Å². The van der Waals surface area contributed by atoms with Crippen molar-refractivity contribution in [1.82, 2.24) is 0 Å². The van der Waals surface area contributed by atoms with Gasteiger partial charge in [0.1, 0.15) is 5.76 Å². The largest absolute Gasteiger partial charge is 0.478 e. The van der Waals surface area contributed by atoms with Gasteiger partial charge in [0.25, 0.3) is 0 Å². The van der Waals surface area contributed by atoms with E-state index < -0.39 is 12.1 Å². The average Bonchev–Trinajstić information content (AvgIpc) is 2.44. The molecule has 1 atom stereocenters. The van der Waals surface area contributed by atoms with E-state index >= 15 is 0 Å². The predicted octanol–water partition coefficient (Wildman–Crippen LogP) is 4.18. The van der Waals surface area contributed by atoms with Crippen molar-refractivity contribution >= 4 is 5.97 Å². The van der Waals surface area contributed by atoms with Crippen LogP contribution in [0.1, 0.15) is 20.8 Å². The Kier molecular flexibility index (Phi) is 9.40. The van der Waals surface area contributed by atoms with Crippen LogP contribution >= 0.6 is 0 Å². The van der Waals surface area contributed by atoms with E-state index in [2.05, 4.69) is 6.58 Å². The van der Waals surface area contributed by atoms with Crippen molar-refractivity contribution in [2.75, 3.05) is 0 Å². The van der Waals surface area contributed by atoms with E-state index in [4.69, 9.17) is 4.74 Å². The maximum atomic E-state index is 11.4. The fraction of sp³-hybridized carbons (Fsp3) is 0.235. The smallest absolute Gasteiger partial charge is 0.349 e. The molecular weight excluding hydrogens is 252 g/mol. The minimum absolute atomic E-state index is 0.409. The molecule has 0 aliphatic rings. The van der Waals surface area contributed by atoms with Crippen LogP contribution in [0.4, 0.5) is 0 Å². The van der Waals surface area contributed by atoms with Gasteiger partial charge in [-0.3, -0.25) is 0 Å². The highest BCUT2D eigenvalue weighted by Crippen LogP contribution is 2.15. The molecule has 0 fully saturated rings. The Bertz CT molecular complexity index is 463. The molecule has 1 N–H and O–H groups in total. The lowest BCUT2D eigenvalue weighted by Crippen LogP contribution is -2.25. The van der Waals surface area contributed by atoms with Crippen molar-refractivity contribution in [3.63, 3.8) is 0 Å². The van der Waals surface area contributed by atoms with Gasteiger partial charge < -0.3 is 9.84 Å². The summed E-state index contributed by atoms with van der Waals surface area (Å²) in [6, 6.07) is 0. The quantitative estimate of drug-likeness (QED) is 0.533. The maximum absolute atomic E-state index is 11.4. The topological polar surface area (TPSA) is 46.5 Å². The first-order valence-electron chi connectivity index (χ1n) is 6.41. The van der Waals surface area contributed by atoms with Crippen LogP contribution in [0.15, 0.2) is 72.6 Å². The second kappa shape index (κ2) is 10.6.